The summed E-state index contributed by atoms with van der Waals surface area (Å²) in [5.41, 5.74) is 0.772. The van der Waals surface area contributed by atoms with Crippen molar-refractivity contribution in [3.05, 3.63) is 28.3 Å². The molecule has 0 aliphatic carbocycles. The van der Waals surface area contributed by atoms with Crippen molar-refractivity contribution in [1.82, 2.24) is 5.32 Å². The lowest BCUT2D eigenvalue weighted by Crippen LogP contribution is -2.29. The predicted octanol–water partition coefficient (Wildman–Crippen LogP) is 2.55. The van der Waals surface area contributed by atoms with Gasteiger partial charge in [-0.25, -0.2) is 0 Å². The zero-order valence-electron chi connectivity index (χ0n) is 11.9. The van der Waals surface area contributed by atoms with Crippen LogP contribution in [0.15, 0.2) is 18.2 Å². The highest BCUT2D eigenvalue weighted by Crippen LogP contribution is 2.27. The molecule has 6 heteroatoms. The molecule has 1 atom stereocenters. The van der Waals surface area contributed by atoms with Crippen molar-refractivity contribution in [2.75, 3.05) is 18.4 Å². The van der Waals surface area contributed by atoms with Crippen molar-refractivity contribution < 1.29 is 9.66 Å². The van der Waals surface area contributed by atoms with E-state index in [0.717, 1.165) is 25.2 Å². The monoisotopic (exact) mass is 279 g/mol. The number of rotatable bonds is 6. The molecule has 0 spiro atoms. The number of nitro groups is 1. The molecule has 0 aromatic heterocycles. The fourth-order valence-electron chi connectivity index (χ4n) is 2.30. The zero-order chi connectivity index (χ0) is 14.5. The van der Waals surface area contributed by atoms with Crippen LogP contribution >= 0.6 is 0 Å². The number of nitrogens with zero attached hydrogens (tertiary/aromatic N) is 1. The lowest BCUT2D eigenvalue weighted by atomic mass is 10.2. The average Bonchev–Trinajstić information content (AvgIpc) is 2.88. The highest BCUT2D eigenvalue weighted by atomic mass is 16.6. The van der Waals surface area contributed by atoms with Crippen LogP contribution in [0.4, 0.5) is 11.4 Å². The lowest BCUT2D eigenvalue weighted by Gasteiger charge is -2.15. The molecule has 1 saturated heterocycles. The van der Waals surface area contributed by atoms with E-state index in [2.05, 4.69) is 10.6 Å². The van der Waals surface area contributed by atoms with Crippen LogP contribution in [-0.2, 0) is 0 Å². The first kappa shape index (κ1) is 14.6. The highest BCUT2D eigenvalue weighted by molar-refractivity contribution is 5.56. The van der Waals surface area contributed by atoms with E-state index in [-0.39, 0.29) is 11.8 Å². The van der Waals surface area contributed by atoms with Crippen LogP contribution in [0.1, 0.15) is 26.7 Å². The first-order valence-corrected chi connectivity index (χ1v) is 6.98. The largest absolute Gasteiger partial charge is 0.491 e. The van der Waals surface area contributed by atoms with Gasteiger partial charge < -0.3 is 15.4 Å². The van der Waals surface area contributed by atoms with Crippen molar-refractivity contribution in [2.24, 2.45) is 0 Å². The van der Waals surface area contributed by atoms with Gasteiger partial charge in [0.05, 0.1) is 17.1 Å². The van der Waals surface area contributed by atoms with Crippen LogP contribution in [-0.4, -0.2) is 30.2 Å². The number of nitro benzene ring substituents is 1. The minimum Gasteiger partial charge on any atom is -0.491 e. The fourth-order valence-corrected chi connectivity index (χ4v) is 2.30. The van der Waals surface area contributed by atoms with E-state index in [0.29, 0.717) is 11.8 Å². The maximum absolute atomic E-state index is 11.0. The fraction of sp³-hybridized carbons (Fsp3) is 0.571. The smallest absolute Gasteiger partial charge is 0.275 e. The maximum atomic E-state index is 11.0. The molecule has 1 fully saturated rings. The molecule has 2 N–H and O–H groups in total. The summed E-state index contributed by atoms with van der Waals surface area (Å²) in [6.45, 7) is 5.61. The molecule has 1 aromatic rings. The molecule has 1 aliphatic heterocycles. The molecule has 110 valence electrons. The van der Waals surface area contributed by atoms with Crippen molar-refractivity contribution in [1.29, 1.82) is 0 Å². The molecule has 0 saturated carbocycles. The third-order valence-electron chi connectivity index (χ3n) is 3.19. The number of ether oxygens (including phenoxy) is 1. The first-order valence-electron chi connectivity index (χ1n) is 6.98. The zero-order valence-corrected chi connectivity index (χ0v) is 11.9. The molecule has 2 rings (SSSR count). The Morgan fingerprint density at radius 2 is 2.30 bits per heavy atom. The van der Waals surface area contributed by atoms with Crippen molar-refractivity contribution in [2.45, 2.75) is 38.8 Å². The third kappa shape index (κ3) is 4.09. The van der Waals surface area contributed by atoms with Gasteiger partial charge >= 0.3 is 0 Å². The molecule has 1 aliphatic rings. The summed E-state index contributed by atoms with van der Waals surface area (Å²) >= 11 is 0. The number of anilines is 1. The molecule has 0 radical (unpaired) electrons. The van der Waals surface area contributed by atoms with Crippen molar-refractivity contribution >= 4 is 11.4 Å². The summed E-state index contributed by atoms with van der Waals surface area (Å²) in [6.07, 6.45) is 2.31. The van der Waals surface area contributed by atoms with Gasteiger partial charge in [0.15, 0.2) is 0 Å². The van der Waals surface area contributed by atoms with E-state index >= 15 is 0 Å². The van der Waals surface area contributed by atoms with E-state index in [1.54, 1.807) is 6.07 Å². The Labute approximate surface area is 118 Å². The molecular weight excluding hydrogens is 258 g/mol. The van der Waals surface area contributed by atoms with Crippen LogP contribution in [0.3, 0.4) is 0 Å². The van der Waals surface area contributed by atoms with Gasteiger partial charge in [0.25, 0.3) is 5.69 Å². The van der Waals surface area contributed by atoms with Gasteiger partial charge in [0, 0.05) is 30.4 Å². The summed E-state index contributed by atoms with van der Waals surface area (Å²) in [5.74, 6) is 0.524. The van der Waals surface area contributed by atoms with Crippen molar-refractivity contribution in [3.63, 3.8) is 0 Å². The van der Waals surface area contributed by atoms with Crippen LogP contribution in [0.2, 0.25) is 0 Å². The lowest BCUT2D eigenvalue weighted by molar-refractivity contribution is -0.384. The summed E-state index contributed by atoms with van der Waals surface area (Å²) in [6, 6.07) is 5.24. The van der Waals surface area contributed by atoms with E-state index in [4.69, 9.17) is 4.74 Å². The number of benzene rings is 1. The number of hydrogen-bond donors (Lipinski definition) is 2. The quantitative estimate of drug-likeness (QED) is 0.618. The molecule has 1 unspecified atom stereocenters. The number of hydrogen-bond acceptors (Lipinski definition) is 5. The molecular formula is C14H21N3O3. The third-order valence-corrected chi connectivity index (χ3v) is 3.19. The summed E-state index contributed by atoms with van der Waals surface area (Å²) in [4.78, 5) is 10.6. The second-order valence-electron chi connectivity index (χ2n) is 5.31. The Morgan fingerprint density at radius 1 is 1.50 bits per heavy atom. The van der Waals surface area contributed by atoms with E-state index in [9.17, 15) is 10.1 Å². The van der Waals surface area contributed by atoms with Gasteiger partial charge in [-0.2, -0.15) is 0 Å². The Kier molecular flexibility index (Phi) is 4.79. The summed E-state index contributed by atoms with van der Waals surface area (Å²) < 4.78 is 5.56. The highest BCUT2D eigenvalue weighted by Gasteiger charge is 2.15. The van der Waals surface area contributed by atoms with Crippen LogP contribution in [0.5, 0.6) is 5.75 Å². The molecule has 6 nitrogen and oxygen atoms in total. The molecule has 0 amide bonds. The van der Waals surface area contributed by atoms with Crippen LogP contribution in [0, 0.1) is 10.1 Å². The Bertz CT molecular complexity index is 471. The van der Waals surface area contributed by atoms with E-state index in [1.807, 2.05) is 19.9 Å². The maximum Gasteiger partial charge on any atom is 0.275 e. The van der Waals surface area contributed by atoms with Gasteiger partial charge in [-0.3, -0.25) is 10.1 Å². The molecule has 0 bridgehead atoms. The van der Waals surface area contributed by atoms with Gasteiger partial charge in [-0.05, 0) is 33.2 Å². The Morgan fingerprint density at radius 3 is 2.90 bits per heavy atom. The standard InChI is InChI=1S/C14H21N3O3/c1-10(2)20-14-7-12(6-13(8-14)17(18)19)16-9-11-4-3-5-15-11/h6-8,10-11,15-16H,3-5,9H2,1-2H3. The molecule has 1 aromatic carbocycles. The van der Waals surface area contributed by atoms with E-state index in [1.165, 1.54) is 12.5 Å². The van der Waals surface area contributed by atoms with Crippen LogP contribution < -0.4 is 15.4 Å². The van der Waals surface area contributed by atoms with Crippen LogP contribution in [0.25, 0.3) is 0 Å². The second kappa shape index (κ2) is 6.56. The summed E-state index contributed by atoms with van der Waals surface area (Å²) in [7, 11) is 0. The summed E-state index contributed by atoms with van der Waals surface area (Å²) in [5, 5.41) is 17.6. The SMILES string of the molecule is CC(C)Oc1cc(NCC2CCCN2)cc([N+](=O)[O-])c1. The minimum absolute atomic E-state index is 0.0126. The van der Waals surface area contributed by atoms with E-state index < -0.39 is 4.92 Å². The van der Waals surface area contributed by atoms with Gasteiger partial charge in [0.2, 0.25) is 0 Å². The Balaban J connectivity index is 2.08. The van der Waals surface area contributed by atoms with Gasteiger partial charge in [-0.15, -0.1) is 0 Å². The predicted molar refractivity (Wildman–Crippen MR) is 78.4 cm³/mol. The normalized spacial score (nSPS) is 18.2. The molecule has 1 heterocycles. The number of nitrogens with one attached hydrogen (secondary N) is 2. The first-order chi connectivity index (χ1) is 9.54. The molecule has 20 heavy (non-hydrogen) atoms. The minimum atomic E-state index is -0.397. The van der Waals surface area contributed by atoms with Crippen molar-refractivity contribution in [3.8, 4) is 5.75 Å². The second-order valence-corrected chi connectivity index (χ2v) is 5.31. The Hall–Kier alpha value is -1.82. The van der Waals surface area contributed by atoms with Gasteiger partial charge in [0.1, 0.15) is 5.75 Å². The van der Waals surface area contributed by atoms with Gasteiger partial charge in [-0.1, -0.05) is 0 Å². The number of non-ortho nitro benzene ring substituents is 1. The average molecular weight is 279 g/mol. The topological polar surface area (TPSA) is 76.4 Å².